The number of nitrogens with one attached hydrogen (secondary N) is 1. The number of para-hydroxylation sites is 1. The molecule has 0 aliphatic carbocycles. The zero-order valence-electron chi connectivity index (χ0n) is 15.2. The fourth-order valence-corrected chi connectivity index (χ4v) is 3.24. The highest BCUT2D eigenvalue weighted by atomic mass is 19.4. The number of amides is 2. The Kier molecular flexibility index (Phi) is 5.27. The first-order valence-electron chi connectivity index (χ1n) is 8.66. The van der Waals surface area contributed by atoms with E-state index in [0.29, 0.717) is 11.3 Å². The van der Waals surface area contributed by atoms with Gasteiger partial charge in [0.05, 0.1) is 16.2 Å². The summed E-state index contributed by atoms with van der Waals surface area (Å²) in [6.07, 6.45) is -4.35. The highest BCUT2D eigenvalue weighted by Crippen LogP contribution is 2.36. The van der Waals surface area contributed by atoms with Crippen molar-refractivity contribution in [1.82, 2.24) is 0 Å². The van der Waals surface area contributed by atoms with Crippen LogP contribution in [0.1, 0.15) is 24.5 Å². The number of nitro benzene ring substituents is 1. The number of alkyl halides is 3. The van der Waals surface area contributed by atoms with Gasteiger partial charge >= 0.3 is 6.18 Å². The maximum Gasteiger partial charge on any atom is 0.418 e. The molecule has 0 spiro atoms. The Labute approximate surface area is 163 Å². The molecule has 0 bridgehead atoms. The molecule has 1 aliphatic heterocycles. The first-order chi connectivity index (χ1) is 13.6. The summed E-state index contributed by atoms with van der Waals surface area (Å²) in [6.45, 7) is 1.39. The Morgan fingerprint density at radius 2 is 1.90 bits per heavy atom. The van der Waals surface area contributed by atoms with Crippen LogP contribution in [0, 0.1) is 10.1 Å². The van der Waals surface area contributed by atoms with Crippen molar-refractivity contribution in [2.24, 2.45) is 0 Å². The molecule has 1 atom stereocenters. The molecule has 2 aromatic carbocycles. The second-order valence-corrected chi connectivity index (χ2v) is 6.54. The molecular weight excluding hydrogens is 391 g/mol. The molecule has 3 rings (SSSR count). The van der Waals surface area contributed by atoms with Crippen LogP contribution in [-0.4, -0.2) is 22.8 Å². The highest BCUT2D eigenvalue weighted by Gasteiger charge is 2.36. The van der Waals surface area contributed by atoms with E-state index in [-0.39, 0.29) is 18.5 Å². The minimum absolute atomic E-state index is 0.0327. The monoisotopic (exact) mass is 407 g/mol. The van der Waals surface area contributed by atoms with Crippen molar-refractivity contribution in [2.45, 2.75) is 32.0 Å². The van der Waals surface area contributed by atoms with Gasteiger partial charge in [-0.3, -0.25) is 24.6 Å². The Morgan fingerprint density at radius 3 is 2.55 bits per heavy atom. The van der Waals surface area contributed by atoms with E-state index in [9.17, 15) is 32.9 Å². The number of hydrogen-bond donors (Lipinski definition) is 1. The number of nitro groups is 1. The number of nitrogens with zero attached hydrogens (tertiary/aromatic N) is 2. The van der Waals surface area contributed by atoms with E-state index in [1.165, 1.54) is 37.3 Å². The van der Waals surface area contributed by atoms with Crippen LogP contribution in [-0.2, 0) is 22.2 Å². The maximum absolute atomic E-state index is 13.1. The average molecular weight is 407 g/mol. The number of benzene rings is 2. The average Bonchev–Trinajstić information content (AvgIpc) is 2.66. The lowest BCUT2D eigenvalue weighted by Gasteiger charge is -2.33. The van der Waals surface area contributed by atoms with E-state index in [1.807, 2.05) is 0 Å². The van der Waals surface area contributed by atoms with Gasteiger partial charge in [-0.15, -0.1) is 0 Å². The van der Waals surface area contributed by atoms with Crippen LogP contribution < -0.4 is 10.2 Å². The van der Waals surface area contributed by atoms with Crippen molar-refractivity contribution in [3.05, 3.63) is 63.7 Å². The molecule has 1 aliphatic rings. The van der Waals surface area contributed by atoms with Gasteiger partial charge in [0.25, 0.3) is 5.69 Å². The second kappa shape index (κ2) is 7.53. The lowest BCUT2D eigenvalue weighted by Crippen LogP contribution is -2.48. The van der Waals surface area contributed by atoms with Crippen molar-refractivity contribution in [2.75, 3.05) is 10.2 Å². The van der Waals surface area contributed by atoms with E-state index in [1.54, 1.807) is 0 Å². The summed E-state index contributed by atoms with van der Waals surface area (Å²) in [5.41, 5.74) is -0.700. The molecule has 2 amide bonds. The fourth-order valence-electron chi connectivity index (χ4n) is 3.24. The van der Waals surface area contributed by atoms with Gasteiger partial charge in [0.15, 0.2) is 0 Å². The molecular formula is C19H16F3N3O4. The third-order valence-electron chi connectivity index (χ3n) is 4.67. The molecule has 1 N–H and O–H groups in total. The van der Waals surface area contributed by atoms with Crippen LogP contribution in [0.3, 0.4) is 0 Å². The number of halogens is 3. The Morgan fingerprint density at radius 1 is 1.21 bits per heavy atom. The largest absolute Gasteiger partial charge is 0.418 e. The minimum atomic E-state index is -4.65. The Hall–Kier alpha value is -3.43. The minimum Gasteiger partial charge on any atom is -0.324 e. The molecule has 29 heavy (non-hydrogen) atoms. The zero-order valence-corrected chi connectivity index (χ0v) is 15.2. The lowest BCUT2D eigenvalue weighted by atomic mass is 9.98. The number of carbonyl (C=O) groups excluding carboxylic acids is 2. The van der Waals surface area contributed by atoms with Gasteiger partial charge in [0, 0.05) is 24.2 Å². The van der Waals surface area contributed by atoms with Gasteiger partial charge in [-0.2, -0.15) is 13.2 Å². The number of aryl methyl sites for hydroxylation is 1. The number of rotatable bonds is 4. The molecule has 0 radical (unpaired) electrons. The van der Waals surface area contributed by atoms with Gasteiger partial charge < -0.3 is 5.32 Å². The summed E-state index contributed by atoms with van der Waals surface area (Å²) in [7, 11) is 0. The molecule has 1 heterocycles. The molecule has 10 heteroatoms. The highest BCUT2D eigenvalue weighted by molar-refractivity contribution is 6.06. The van der Waals surface area contributed by atoms with E-state index in [0.717, 1.165) is 17.0 Å². The van der Waals surface area contributed by atoms with E-state index >= 15 is 0 Å². The van der Waals surface area contributed by atoms with Crippen LogP contribution >= 0.6 is 0 Å². The summed E-state index contributed by atoms with van der Waals surface area (Å²) in [6, 6.07) is 7.34. The van der Waals surface area contributed by atoms with Gasteiger partial charge in [0.2, 0.25) is 11.8 Å². The third-order valence-corrected chi connectivity index (χ3v) is 4.67. The SMILES string of the molecule is CC(C(=O)Nc1ccccc1C(F)(F)F)N1C(=O)CCc2cc([N+](=O)[O-])ccc21. The quantitative estimate of drug-likeness (QED) is 0.614. The first kappa shape index (κ1) is 20.3. The smallest absolute Gasteiger partial charge is 0.324 e. The van der Waals surface area contributed by atoms with Gasteiger partial charge in [-0.25, -0.2) is 0 Å². The topological polar surface area (TPSA) is 92.6 Å². The molecule has 0 saturated heterocycles. The van der Waals surface area contributed by atoms with Crippen molar-refractivity contribution in [3.63, 3.8) is 0 Å². The third kappa shape index (κ3) is 4.05. The maximum atomic E-state index is 13.1. The van der Waals surface area contributed by atoms with Crippen LogP contribution in [0.2, 0.25) is 0 Å². The first-order valence-corrected chi connectivity index (χ1v) is 8.66. The van der Waals surface area contributed by atoms with Gasteiger partial charge in [-0.1, -0.05) is 12.1 Å². The number of anilines is 2. The molecule has 0 fully saturated rings. The summed E-state index contributed by atoms with van der Waals surface area (Å²) in [5.74, 6) is -1.20. The number of non-ortho nitro benzene ring substituents is 1. The Bertz CT molecular complexity index is 991. The predicted molar refractivity (Wildman–Crippen MR) is 98.4 cm³/mol. The summed E-state index contributed by atoms with van der Waals surface area (Å²) < 4.78 is 39.4. The summed E-state index contributed by atoms with van der Waals surface area (Å²) in [4.78, 5) is 36.6. The molecule has 2 aromatic rings. The van der Waals surface area contributed by atoms with Gasteiger partial charge in [0.1, 0.15) is 6.04 Å². The van der Waals surface area contributed by atoms with Gasteiger partial charge in [-0.05, 0) is 37.1 Å². The van der Waals surface area contributed by atoms with Crippen molar-refractivity contribution < 1.29 is 27.7 Å². The van der Waals surface area contributed by atoms with Crippen LogP contribution in [0.4, 0.5) is 30.2 Å². The molecule has 7 nitrogen and oxygen atoms in total. The number of fused-ring (bicyclic) bond motifs is 1. The van der Waals surface area contributed by atoms with E-state index in [2.05, 4.69) is 5.32 Å². The standard InChI is InChI=1S/C19H16F3N3O4/c1-11(18(27)23-15-5-3-2-4-14(15)19(20,21)22)24-16-8-7-13(25(28)29)10-12(16)6-9-17(24)26/h2-5,7-8,10-11H,6,9H2,1H3,(H,23,27). The lowest BCUT2D eigenvalue weighted by molar-refractivity contribution is -0.384. The normalized spacial score (nSPS) is 14.9. The molecule has 0 aromatic heterocycles. The van der Waals surface area contributed by atoms with Crippen molar-refractivity contribution in [3.8, 4) is 0 Å². The van der Waals surface area contributed by atoms with Crippen molar-refractivity contribution >= 4 is 28.9 Å². The molecule has 0 saturated carbocycles. The van der Waals surface area contributed by atoms with Crippen LogP contribution in [0.15, 0.2) is 42.5 Å². The van der Waals surface area contributed by atoms with Crippen LogP contribution in [0.25, 0.3) is 0 Å². The van der Waals surface area contributed by atoms with Crippen LogP contribution in [0.5, 0.6) is 0 Å². The number of carbonyl (C=O) groups is 2. The van der Waals surface area contributed by atoms with Crippen molar-refractivity contribution in [1.29, 1.82) is 0 Å². The summed E-state index contributed by atoms with van der Waals surface area (Å²) >= 11 is 0. The predicted octanol–water partition coefficient (Wildman–Crippen LogP) is 3.92. The number of hydrogen-bond acceptors (Lipinski definition) is 4. The molecule has 1 unspecified atom stereocenters. The zero-order chi connectivity index (χ0) is 21.3. The second-order valence-electron chi connectivity index (χ2n) is 6.54. The fraction of sp³-hybridized carbons (Fsp3) is 0.263. The Balaban J connectivity index is 1.89. The van der Waals surface area contributed by atoms with E-state index < -0.39 is 40.2 Å². The molecule has 152 valence electrons. The summed E-state index contributed by atoms with van der Waals surface area (Å²) in [5, 5.41) is 13.2. The van der Waals surface area contributed by atoms with E-state index in [4.69, 9.17) is 0 Å².